The van der Waals surface area contributed by atoms with Gasteiger partial charge in [-0.3, -0.25) is 10.3 Å². The number of methoxy groups -OCH3 is 1. The average molecular weight is 616 g/mol. The minimum Gasteiger partial charge on any atom is -0.495 e. The molecule has 0 unspecified atom stereocenters. The van der Waals surface area contributed by atoms with E-state index >= 15 is 4.39 Å². The van der Waals surface area contributed by atoms with Crippen LogP contribution < -0.4 is 14.8 Å². The number of halogens is 4. The number of fused-ring (bicyclic) bond motifs is 2. The third-order valence-electron chi connectivity index (χ3n) is 6.61. The van der Waals surface area contributed by atoms with Crippen molar-refractivity contribution in [3.63, 3.8) is 0 Å². The summed E-state index contributed by atoms with van der Waals surface area (Å²) in [5.74, 6) is -3.19. The molecule has 1 fully saturated rings. The van der Waals surface area contributed by atoms with Crippen molar-refractivity contribution >= 4 is 55.8 Å². The lowest BCUT2D eigenvalue weighted by Crippen LogP contribution is -2.32. The van der Waals surface area contributed by atoms with Crippen LogP contribution in [0.3, 0.4) is 0 Å². The Hall–Kier alpha value is -4.23. The lowest BCUT2D eigenvalue weighted by Gasteiger charge is -2.21. The van der Waals surface area contributed by atoms with Crippen molar-refractivity contribution in [1.29, 1.82) is 0 Å². The molecule has 0 saturated heterocycles. The standard InChI is InChI=1S/C28H21ClF3N5O4S/c1-13-33-10-16(11-34-13)36-27(38)41-23-9-28(31,32)8-22(23)40-21-7-24-20(6-19(21)30)37-26(42-24)18-5-15(29)3-14-4-17(39-2)12-35-25(14)18/h3-7,10-12,22-23H,8-9H2,1-2H3,(H,36,38)/t22-,23+/m0/s1. The number of benzene rings is 2. The number of carbonyl (C=O) groups is 1. The number of nitrogens with one attached hydrogen (secondary N) is 1. The number of hydrogen-bond donors (Lipinski definition) is 1. The highest BCUT2D eigenvalue weighted by Crippen LogP contribution is 2.42. The first-order valence-corrected chi connectivity index (χ1v) is 13.8. The number of thiazole rings is 1. The van der Waals surface area contributed by atoms with Gasteiger partial charge in [-0.15, -0.1) is 11.3 Å². The Morgan fingerprint density at radius 2 is 1.83 bits per heavy atom. The lowest BCUT2D eigenvalue weighted by atomic mass is 10.1. The maximum absolute atomic E-state index is 15.2. The number of alkyl halides is 2. The predicted octanol–water partition coefficient (Wildman–Crippen LogP) is 7.20. The van der Waals surface area contributed by atoms with Crippen molar-refractivity contribution in [2.75, 3.05) is 12.4 Å². The summed E-state index contributed by atoms with van der Waals surface area (Å²) < 4.78 is 60.7. The Morgan fingerprint density at radius 3 is 2.60 bits per heavy atom. The molecule has 2 aromatic carbocycles. The number of anilines is 1. The molecule has 6 rings (SSSR count). The van der Waals surface area contributed by atoms with E-state index in [0.29, 0.717) is 42.9 Å². The van der Waals surface area contributed by atoms with Crippen LogP contribution in [0.2, 0.25) is 5.02 Å². The van der Waals surface area contributed by atoms with Gasteiger partial charge in [0.15, 0.2) is 11.6 Å². The third-order valence-corrected chi connectivity index (χ3v) is 7.88. The highest BCUT2D eigenvalue weighted by molar-refractivity contribution is 7.21. The van der Waals surface area contributed by atoms with Crippen LogP contribution in [0.1, 0.15) is 18.7 Å². The van der Waals surface area contributed by atoms with E-state index in [4.69, 9.17) is 25.8 Å². The molecule has 0 radical (unpaired) electrons. The molecule has 1 aliphatic rings. The molecule has 1 N–H and O–H groups in total. The van der Waals surface area contributed by atoms with E-state index in [2.05, 4.69) is 25.3 Å². The Kier molecular flexibility index (Phi) is 7.23. The maximum atomic E-state index is 15.2. The van der Waals surface area contributed by atoms with Crippen LogP contribution in [0, 0.1) is 12.7 Å². The van der Waals surface area contributed by atoms with Crippen molar-refractivity contribution in [3.8, 4) is 22.1 Å². The van der Waals surface area contributed by atoms with E-state index in [1.165, 1.54) is 43.0 Å². The summed E-state index contributed by atoms with van der Waals surface area (Å²) in [6, 6.07) is 7.82. The zero-order chi connectivity index (χ0) is 29.6. The highest BCUT2D eigenvalue weighted by atomic mass is 35.5. The molecule has 1 saturated carbocycles. The largest absolute Gasteiger partial charge is 0.495 e. The fourth-order valence-corrected chi connectivity index (χ4v) is 5.90. The third kappa shape index (κ3) is 5.74. The van der Waals surface area contributed by atoms with Crippen LogP contribution in [-0.4, -0.2) is 51.3 Å². The first-order valence-electron chi connectivity index (χ1n) is 12.6. The molecule has 9 nitrogen and oxygen atoms in total. The summed E-state index contributed by atoms with van der Waals surface area (Å²) in [7, 11) is 1.53. The monoisotopic (exact) mass is 615 g/mol. The van der Waals surface area contributed by atoms with Crippen LogP contribution in [-0.2, 0) is 4.74 Å². The Morgan fingerprint density at radius 1 is 1.07 bits per heavy atom. The van der Waals surface area contributed by atoms with Crippen molar-refractivity contribution in [1.82, 2.24) is 19.9 Å². The molecule has 216 valence electrons. The SMILES string of the molecule is COc1cnc2c(-c3nc4cc(F)c(O[C@H]5CC(F)(F)C[C@H]5OC(=O)Nc5cnc(C)nc5)cc4s3)cc(Cl)cc2c1. The fourth-order valence-electron chi connectivity index (χ4n) is 4.68. The van der Waals surface area contributed by atoms with Gasteiger partial charge in [0.05, 0.1) is 60.0 Å². The normalized spacial score (nSPS) is 17.9. The van der Waals surface area contributed by atoms with Crippen LogP contribution in [0.4, 0.5) is 23.7 Å². The average Bonchev–Trinajstić information content (AvgIpc) is 3.47. The molecular weight excluding hydrogens is 595 g/mol. The van der Waals surface area contributed by atoms with E-state index in [-0.39, 0.29) is 11.4 Å². The molecule has 2 atom stereocenters. The Labute approximate surface area is 245 Å². The number of ether oxygens (including phenoxy) is 3. The minimum atomic E-state index is -3.18. The van der Waals surface area contributed by atoms with Gasteiger partial charge in [-0.25, -0.2) is 32.9 Å². The van der Waals surface area contributed by atoms with Gasteiger partial charge in [-0.1, -0.05) is 11.6 Å². The van der Waals surface area contributed by atoms with Crippen LogP contribution >= 0.6 is 22.9 Å². The van der Waals surface area contributed by atoms with Crippen LogP contribution in [0.15, 0.2) is 48.9 Å². The highest BCUT2D eigenvalue weighted by Gasteiger charge is 2.50. The molecule has 3 heterocycles. The first-order chi connectivity index (χ1) is 20.1. The summed E-state index contributed by atoms with van der Waals surface area (Å²) >= 11 is 7.59. The zero-order valence-electron chi connectivity index (χ0n) is 22.0. The number of aryl methyl sites for hydroxylation is 1. The molecule has 5 aromatic rings. The second-order valence-corrected chi connectivity index (χ2v) is 11.1. The molecule has 42 heavy (non-hydrogen) atoms. The van der Waals surface area contributed by atoms with E-state index in [0.717, 1.165) is 5.39 Å². The molecule has 0 aliphatic heterocycles. The van der Waals surface area contributed by atoms with Crippen molar-refractivity contribution in [2.45, 2.75) is 37.9 Å². The van der Waals surface area contributed by atoms with Crippen molar-refractivity contribution < 1.29 is 32.2 Å². The molecule has 0 bridgehead atoms. The molecule has 1 aliphatic carbocycles. The Bertz CT molecular complexity index is 1820. The smallest absolute Gasteiger partial charge is 0.412 e. The van der Waals surface area contributed by atoms with Gasteiger partial charge in [-0.2, -0.15) is 0 Å². The lowest BCUT2D eigenvalue weighted by molar-refractivity contribution is -0.00574. The summed E-state index contributed by atoms with van der Waals surface area (Å²) in [5.41, 5.74) is 1.83. The predicted molar refractivity (Wildman–Crippen MR) is 151 cm³/mol. The number of nitrogens with zero attached hydrogens (tertiary/aromatic N) is 4. The van der Waals surface area contributed by atoms with E-state index in [1.807, 2.05) is 0 Å². The molecule has 14 heteroatoms. The van der Waals surface area contributed by atoms with Gasteiger partial charge < -0.3 is 14.2 Å². The van der Waals surface area contributed by atoms with Gasteiger partial charge in [-0.05, 0) is 25.1 Å². The molecule has 0 spiro atoms. The summed E-state index contributed by atoms with van der Waals surface area (Å²) in [6.45, 7) is 1.67. The number of carbonyl (C=O) groups excluding carboxylic acids is 1. The van der Waals surface area contributed by atoms with Crippen LogP contribution in [0.5, 0.6) is 11.5 Å². The molecular formula is C28H21ClF3N5O4S. The number of amides is 1. The van der Waals surface area contributed by atoms with E-state index in [9.17, 15) is 13.6 Å². The van der Waals surface area contributed by atoms with E-state index in [1.54, 1.807) is 31.3 Å². The number of rotatable bonds is 6. The Balaban J connectivity index is 1.26. The maximum Gasteiger partial charge on any atom is 0.412 e. The van der Waals surface area contributed by atoms with Crippen LogP contribution in [0.25, 0.3) is 31.7 Å². The molecule has 1 amide bonds. The number of aromatic nitrogens is 4. The minimum absolute atomic E-state index is 0.229. The fraction of sp³-hybridized carbons (Fsp3) is 0.250. The van der Waals surface area contributed by atoms with E-state index < -0.39 is 42.9 Å². The topological polar surface area (TPSA) is 108 Å². The quantitative estimate of drug-likeness (QED) is 0.214. The molecule has 3 aromatic heterocycles. The number of pyridine rings is 1. The van der Waals surface area contributed by atoms with Crippen molar-refractivity contribution in [3.05, 3.63) is 65.6 Å². The summed E-state index contributed by atoms with van der Waals surface area (Å²) in [5, 5.41) is 4.11. The second kappa shape index (κ2) is 10.9. The summed E-state index contributed by atoms with van der Waals surface area (Å²) in [4.78, 5) is 29.3. The summed E-state index contributed by atoms with van der Waals surface area (Å²) in [6.07, 6.45) is -0.862. The second-order valence-electron chi connectivity index (χ2n) is 9.68. The zero-order valence-corrected chi connectivity index (χ0v) is 23.6. The van der Waals surface area contributed by atoms with Gasteiger partial charge >= 0.3 is 6.09 Å². The van der Waals surface area contributed by atoms with Gasteiger partial charge in [0.25, 0.3) is 5.92 Å². The first kappa shape index (κ1) is 27.9. The van der Waals surface area contributed by atoms with Crippen molar-refractivity contribution in [2.24, 2.45) is 0 Å². The van der Waals surface area contributed by atoms with Gasteiger partial charge in [0, 0.05) is 28.1 Å². The van der Waals surface area contributed by atoms with Gasteiger partial charge in [0.1, 0.15) is 28.8 Å². The van der Waals surface area contributed by atoms with Gasteiger partial charge in [0.2, 0.25) is 0 Å². The number of hydrogen-bond acceptors (Lipinski definition) is 9.